The van der Waals surface area contributed by atoms with Crippen LogP contribution in [0.3, 0.4) is 0 Å². The fourth-order valence-electron chi connectivity index (χ4n) is 2.87. The molecule has 0 fully saturated rings. The van der Waals surface area contributed by atoms with Crippen molar-refractivity contribution in [3.8, 4) is 5.69 Å². The van der Waals surface area contributed by atoms with Crippen molar-refractivity contribution >= 4 is 23.1 Å². The van der Waals surface area contributed by atoms with Crippen LogP contribution in [0.1, 0.15) is 25.0 Å². The Hall–Kier alpha value is -2.20. The molecule has 0 spiro atoms. The second-order valence-electron chi connectivity index (χ2n) is 5.25. The van der Waals surface area contributed by atoms with E-state index in [0.717, 1.165) is 40.6 Å². The number of benzene rings is 2. The average molecular weight is 310 g/mol. The Bertz CT molecular complexity index is 931. The van der Waals surface area contributed by atoms with E-state index in [4.69, 9.17) is 12.2 Å². The maximum atomic E-state index is 12.6. The molecule has 2 aromatic carbocycles. The highest BCUT2D eigenvalue weighted by molar-refractivity contribution is 7.71. The topological polar surface area (TPSA) is 37.8 Å². The molecule has 1 heterocycles. The van der Waals surface area contributed by atoms with Crippen LogP contribution in [-0.4, -0.2) is 9.55 Å². The van der Waals surface area contributed by atoms with Crippen molar-refractivity contribution in [2.24, 2.45) is 0 Å². The number of nitrogens with zero attached hydrogens (tertiary/aromatic N) is 1. The van der Waals surface area contributed by atoms with Gasteiger partial charge in [-0.25, -0.2) is 4.79 Å². The molecule has 0 saturated carbocycles. The van der Waals surface area contributed by atoms with Gasteiger partial charge in [0.05, 0.1) is 11.2 Å². The Balaban J connectivity index is 2.46. The molecule has 112 valence electrons. The van der Waals surface area contributed by atoms with E-state index < -0.39 is 0 Å². The Morgan fingerprint density at radius 3 is 2.27 bits per heavy atom. The van der Waals surface area contributed by atoms with Crippen LogP contribution in [0.2, 0.25) is 0 Å². The van der Waals surface area contributed by atoms with E-state index in [1.54, 1.807) is 4.57 Å². The van der Waals surface area contributed by atoms with Gasteiger partial charge in [0.2, 0.25) is 0 Å². The van der Waals surface area contributed by atoms with Gasteiger partial charge in [0.25, 0.3) is 0 Å². The molecule has 4 heteroatoms. The molecule has 0 bridgehead atoms. The van der Waals surface area contributed by atoms with Crippen LogP contribution in [0.4, 0.5) is 0 Å². The summed E-state index contributed by atoms with van der Waals surface area (Å²) in [6.07, 6.45) is 1.72. The lowest BCUT2D eigenvalue weighted by atomic mass is 10.0. The van der Waals surface area contributed by atoms with E-state index in [9.17, 15) is 4.79 Å². The van der Waals surface area contributed by atoms with Crippen molar-refractivity contribution in [2.75, 3.05) is 0 Å². The molecule has 22 heavy (non-hydrogen) atoms. The number of H-pyrrole nitrogens is 1. The number of rotatable bonds is 3. The third-order valence-electron chi connectivity index (χ3n) is 3.99. The quantitative estimate of drug-likeness (QED) is 0.737. The van der Waals surface area contributed by atoms with Crippen LogP contribution < -0.4 is 5.69 Å². The molecule has 0 aliphatic rings. The molecule has 0 radical (unpaired) electrons. The van der Waals surface area contributed by atoms with E-state index in [1.807, 2.05) is 30.3 Å². The van der Waals surface area contributed by atoms with Crippen LogP contribution in [0.15, 0.2) is 47.3 Å². The molecule has 3 aromatic rings. The first-order valence-corrected chi connectivity index (χ1v) is 7.93. The first-order chi connectivity index (χ1) is 10.7. The highest BCUT2D eigenvalue weighted by Crippen LogP contribution is 2.22. The van der Waals surface area contributed by atoms with Gasteiger partial charge in [-0.2, -0.15) is 0 Å². The van der Waals surface area contributed by atoms with Crippen LogP contribution >= 0.6 is 12.2 Å². The molecular formula is C18H18N2OS. The number of aryl methyl sites for hydroxylation is 2. The predicted octanol–water partition coefficient (Wildman–Crippen LogP) is 4.17. The fourth-order valence-corrected chi connectivity index (χ4v) is 3.22. The summed E-state index contributed by atoms with van der Waals surface area (Å²) in [5.41, 5.74) is 3.80. The lowest BCUT2D eigenvalue weighted by Crippen LogP contribution is -2.24. The van der Waals surface area contributed by atoms with Crippen LogP contribution in [-0.2, 0) is 12.8 Å². The van der Waals surface area contributed by atoms with Crippen LogP contribution in [0, 0.1) is 4.64 Å². The standard InChI is InChI=1S/C18H18N2OS/c1-3-12-8-7-9-13(4-2)16(12)20-17(22)14-10-5-6-11-15(14)19-18(20)21/h5-11H,3-4H2,1-2H3,(H,19,21). The molecule has 3 nitrogen and oxygen atoms in total. The lowest BCUT2D eigenvalue weighted by molar-refractivity contribution is 0.883. The van der Waals surface area contributed by atoms with Crippen molar-refractivity contribution in [3.05, 3.63) is 68.7 Å². The smallest absolute Gasteiger partial charge is 0.306 e. The van der Waals surface area contributed by atoms with Gasteiger partial charge < -0.3 is 4.98 Å². The zero-order valence-corrected chi connectivity index (χ0v) is 13.5. The minimum atomic E-state index is -0.181. The zero-order valence-electron chi connectivity index (χ0n) is 12.7. The molecule has 0 amide bonds. The summed E-state index contributed by atoms with van der Waals surface area (Å²) in [5, 5.41) is 0.894. The number of aromatic nitrogens is 2. The Kier molecular flexibility index (Phi) is 3.94. The fraction of sp³-hybridized carbons (Fsp3) is 0.222. The molecule has 1 N–H and O–H groups in total. The van der Waals surface area contributed by atoms with Gasteiger partial charge in [-0.1, -0.05) is 56.4 Å². The number of aromatic amines is 1. The van der Waals surface area contributed by atoms with E-state index in [0.29, 0.717) is 4.64 Å². The van der Waals surface area contributed by atoms with Gasteiger partial charge in [-0.3, -0.25) is 4.57 Å². The van der Waals surface area contributed by atoms with Crippen LogP contribution in [0.25, 0.3) is 16.6 Å². The molecule has 0 aliphatic heterocycles. The van der Waals surface area contributed by atoms with Crippen molar-refractivity contribution in [3.63, 3.8) is 0 Å². The summed E-state index contributed by atoms with van der Waals surface area (Å²) in [6, 6.07) is 13.8. The summed E-state index contributed by atoms with van der Waals surface area (Å²) < 4.78 is 2.21. The highest BCUT2D eigenvalue weighted by Gasteiger charge is 2.13. The zero-order chi connectivity index (χ0) is 15.7. The summed E-state index contributed by atoms with van der Waals surface area (Å²) in [6.45, 7) is 4.19. The molecule has 0 atom stereocenters. The molecule has 0 aliphatic carbocycles. The number of para-hydroxylation sites is 2. The minimum absolute atomic E-state index is 0.181. The van der Waals surface area contributed by atoms with Gasteiger partial charge >= 0.3 is 5.69 Å². The van der Waals surface area contributed by atoms with Crippen molar-refractivity contribution < 1.29 is 0 Å². The monoisotopic (exact) mass is 310 g/mol. The first-order valence-electron chi connectivity index (χ1n) is 7.52. The number of nitrogens with one attached hydrogen (secondary N) is 1. The van der Waals surface area contributed by atoms with Gasteiger partial charge in [0.15, 0.2) is 0 Å². The van der Waals surface area contributed by atoms with Crippen molar-refractivity contribution in [2.45, 2.75) is 26.7 Å². The van der Waals surface area contributed by atoms with E-state index in [2.05, 4.69) is 31.0 Å². The molecular weight excluding hydrogens is 292 g/mol. The summed E-state index contributed by atoms with van der Waals surface area (Å²) >= 11 is 5.62. The lowest BCUT2D eigenvalue weighted by Gasteiger charge is -2.16. The van der Waals surface area contributed by atoms with Gasteiger partial charge in [0.1, 0.15) is 4.64 Å². The highest BCUT2D eigenvalue weighted by atomic mass is 32.1. The minimum Gasteiger partial charge on any atom is -0.306 e. The second-order valence-corrected chi connectivity index (χ2v) is 5.63. The third kappa shape index (κ3) is 2.29. The van der Waals surface area contributed by atoms with E-state index in [1.165, 1.54) is 0 Å². The molecule has 3 rings (SSSR count). The van der Waals surface area contributed by atoms with Crippen molar-refractivity contribution in [1.82, 2.24) is 9.55 Å². The second kappa shape index (κ2) is 5.89. The average Bonchev–Trinajstić information content (AvgIpc) is 2.55. The Morgan fingerprint density at radius 1 is 1.00 bits per heavy atom. The number of hydrogen-bond acceptors (Lipinski definition) is 2. The van der Waals surface area contributed by atoms with Crippen molar-refractivity contribution in [1.29, 1.82) is 0 Å². The van der Waals surface area contributed by atoms with Gasteiger partial charge in [-0.05, 0) is 36.1 Å². The van der Waals surface area contributed by atoms with Gasteiger partial charge in [0, 0.05) is 5.39 Å². The summed E-state index contributed by atoms with van der Waals surface area (Å²) in [5.74, 6) is 0. The summed E-state index contributed by atoms with van der Waals surface area (Å²) in [4.78, 5) is 15.6. The SMILES string of the molecule is CCc1cccc(CC)c1-n1c(=O)[nH]c2ccccc2c1=S. The molecule has 1 aromatic heterocycles. The maximum absolute atomic E-state index is 12.6. The number of hydrogen-bond donors (Lipinski definition) is 1. The first kappa shape index (κ1) is 14.7. The normalized spacial score (nSPS) is 11.0. The predicted molar refractivity (Wildman–Crippen MR) is 93.5 cm³/mol. The van der Waals surface area contributed by atoms with E-state index >= 15 is 0 Å². The third-order valence-corrected chi connectivity index (χ3v) is 4.40. The van der Waals surface area contributed by atoms with E-state index in [-0.39, 0.29) is 5.69 Å². The Morgan fingerprint density at radius 2 is 1.64 bits per heavy atom. The van der Waals surface area contributed by atoms with Gasteiger partial charge in [-0.15, -0.1) is 0 Å². The number of fused-ring (bicyclic) bond motifs is 1. The largest absolute Gasteiger partial charge is 0.331 e. The Labute approximate surface area is 134 Å². The molecule has 0 unspecified atom stereocenters. The summed E-state index contributed by atoms with van der Waals surface area (Å²) in [7, 11) is 0. The maximum Gasteiger partial charge on any atom is 0.331 e. The van der Waals surface area contributed by atoms with Crippen LogP contribution in [0.5, 0.6) is 0 Å². The molecule has 0 saturated heterocycles.